The van der Waals surface area contributed by atoms with Gasteiger partial charge >= 0.3 is 0 Å². The van der Waals surface area contributed by atoms with E-state index in [0.717, 1.165) is 6.42 Å². The molecule has 2 heterocycles. The van der Waals surface area contributed by atoms with Crippen molar-refractivity contribution in [3.8, 4) is 0 Å². The molecule has 0 aliphatic carbocycles. The fraction of sp³-hybridized carbons (Fsp3) is 0.429. The summed E-state index contributed by atoms with van der Waals surface area (Å²) in [5.74, 6) is -0.302. The van der Waals surface area contributed by atoms with E-state index in [2.05, 4.69) is 15.9 Å². The van der Waals surface area contributed by atoms with Crippen LogP contribution in [0.25, 0.3) is 0 Å². The molecule has 2 saturated heterocycles. The number of benzene rings is 1. The van der Waals surface area contributed by atoms with Crippen molar-refractivity contribution in [3.05, 3.63) is 34.1 Å². The lowest BCUT2D eigenvalue weighted by Gasteiger charge is -2.37. The molecular formula is C14H14BrFN2O2. The summed E-state index contributed by atoms with van der Waals surface area (Å²) in [7, 11) is 0. The first-order valence-electron chi connectivity index (χ1n) is 6.60. The van der Waals surface area contributed by atoms with Crippen molar-refractivity contribution in [2.45, 2.75) is 18.9 Å². The molecule has 0 saturated carbocycles. The zero-order valence-electron chi connectivity index (χ0n) is 10.8. The van der Waals surface area contributed by atoms with Gasteiger partial charge in [0.15, 0.2) is 0 Å². The van der Waals surface area contributed by atoms with Crippen LogP contribution in [0.3, 0.4) is 0 Å². The van der Waals surface area contributed by atoms with Crippen LogP contribution in [0.1, 0.15) is 23.2 Å². The minimum Gasteiger partial charge on any atom is -0.336 e. The van der Waals surface area contributed by atoms with Gasteiger partial charge in [-0.25, -0.2) is 4.39 Å². The average molecular weight is 341 g/mol. The van der Waals surface area contributed by atoms with Gasteiger partial charge in [0.05, 0.1) is 4.47 Å². The summed E-state index contributed by atoms with van der Waals surface area (Å²) >= 11 is 3.09. The van der Waals surface area contributed by atoms with E-state index in [1.54, 1.807) is 4.90 Å². The van der Waals surface area contributed by atoms with Crippen molar-refractivity contribution in [2.24, 2.45) is 0 Å². The maximum atomic E-state index is 13.2. The van der Waals surface area contributed by atoms with Gasteiger partial charge < -0.3 is 9.80 Å². The molecule has 2 fully saturated rings. The van der Waals surface area contributed by atoms with Gasteiger partial charge in [-0.15, -0.1) is 0 Å². The summed E-state index contributed by atoms with van der Waals surface area (Å²) < 4.78 is 13.5. The van der Waals surface area contributed by atoms with Gasteiger partial charge in [0.25, 0.3) is 5.91 Å². The number of piperazine rings is 1. The number of hydrogen-bond donors (Lipinski definition) is 0. The molecule has 20 heavy (non-hydrogen) atoms. The molecule has 4 nitrogen and oxygen atoms in total. The lowest BCUT2D eigenvalue weighted by Crippen LogP contribution is -2.53. The van der Waals surface area contributed by atoms with E-state index in [9.17, 15) is 14.0 Å². The van der Waals surface area contributed by atoms with Crippen LogP contribution in [0.2, 0.25) is 0 Å². The summed E-state index contributed by atoms with van der Waals surface area (Å²) in [5, 5.41) is 0. The van der Waals surface area contributed by atoms with Crippen molar-refractivity contribution in [1.82, 2.24) is 9.80 Å². The van der Waals surface area contributed by atoms with E-state index in [4.69, 9.17) is 0 Å². The van der Waals surface area contributed by atoms with Crippen LogP contribution >= 0.6 is 15.9 Å². The van der Waals surface area contributed by atoms with Crippen molar-refractivity contribution in [3.63, 3.8) is 0 Å². The van der Waals surface area contributed by atoms with Crippen LogP contribution in [0.5, 0.6) is 0 Å². The van der Waals surface area contributed by atoms with Crippen molar-refractivity contribution in [2.75, 3.05) is 19.6 Å². The number of carbonyl (C=O) groups is 2. The number of carbonyl (C=O) groups excluding carboxylic acids is 2. The van der Waals surface area contributed by atoms with Crippen LogP contribution in [-0.2, 0) is 4.79 Å². The quantitative estimate of drug-likeness (QED) is 0.784. The van der Waals surface area contributed by atoms with Gasteiger partial charge in [-0.2, -0.15) is 0 Å². The SMILES string of the molecule is O=C(c1ccc(F)c(Br)c1)N1CCN2C(=O)CCC2C1. The Morgan fingerprint density at radius 3 is 2.90 bits per heavy atom. The monoisotopic (exact) mass is 340 g/mol. The molecular weight excluding hydrogens is 327 g/mol. The summed E-state index contributed by atoms with van der Waals surface area (Å²) in [5.41, 5.74) is 0.469. The minimum atomic E-state index is -0.382. The smallest absolute Gasteiger partial charge is 0.254 e. The Bertz CT molecular complexity index is 578. The molecule has 0 bridgehead atoms. The van der Waals surface area contributed by atoms with E-state index in [0.29, 0.717) is 31.6 Å². The van der Waals surface area contributed by atoms with Gasteiger partial charge in [-0.3, -0.25) is 9.59 Å². The Morgan fingerprint density at radius 2 is 2.15 bits per heavy atom. The van der Waals surface area contributed by atoms with Gasteiger partial charge in [-0.1, -0.05) is 0 Å². The third-order valence-corrected chi connectivity index (χ3v) is 4.56. The summed E-state index contributed by atoms with van der Waals surface area (Å²) in [6.45, 7) is 1.70. The Balaban J connectivity index is 1.75. The maximum Gasteiger partial charge on any atom is 0.254 e. The molecule has 2 aliphatic rings. The molecule has 0 aromatic heterocycles. The summed E-state index contributed by atoms with van der Waals surface area (Å²) in [4.78, 5) is 27.6. The molecule has 106 valence electrons. The lowest BCUT2D eigenvalue weighted by molar-refractivity contribution is -0.130. The molecule has 1 atom stereocenters. The van der Waals surface area contributed by atoms with Crippen LogP contribution in [0.4, 0.5) is 4.39 Å². The van der Waals surface area contributed by atoms with E-state index in [1.807, 2.05) is 4.90 Å². The number of amides is 2. The van der Waals surface area contributed by atoms with Crippen LogP contribution < -0.4 is 0 Å². The van der Waals surface area contributed by atoms with Crippen molar-refractivity contribution >= 4 is 27.7 Å². The topological polar surface area (TPSA) is 40.6 Å². The minimum absolute atomic E-state index is 0.107. The van der Waals surface area contributed by atoms with Crippen molar-refractivity contribution in [1.29, 1.82) is 0 Å². The molecule has 3 rings (SSSR count). The predicted octanol–water partition coefficient (Wildman–Crippen LogP) is 2.04. The second-order valence-corrected chi connectivity index (χ2v) is 6.01. The summed E-state index contributed by atoms with van der Waals surface area (Å²) in [6.07, 6.45) is 1.39. The fourth-order valence-electron chi connectivity index (χ4n) is 2.86. The average Bonchev–Trinajstić information content (AvgIpc) is 2.82. The third kappa shape index (κ3) is 2.32. The Morgan fingerprint density at radius 1 is 1.35 bits per heavy atom. The largest absolute Gasteiger partial charge is 0.336 e. The maximum absolute atomic E-state index is 13.2. The zero-order chi connectivity index (χ0) is 14.3. The Kier molecular flexibility index (Phi) is 3.50. The Hall–Kier alpha value is -1.43. The van der Waals surface area contributed by atoms with Gasteiger partial charge in [0, 0.05) is 37.7 Å². The zero-order valence-corrected chi connectivity index (χ0v) is 12.4. The lowest BCUT2D eigenvalue weighted by atomic mass is 10.1. The molecule has 1 aromatic carbocycles. The van der Waals surface area contributed by atoms with Gasteiger partial charge in [0.1, 0.15) is 5.82 Å². The van der Waals surface area contributed by atoms with Gasteiger partial charge in [0.2, 0.25) is 5.91 Å². The van der Waals surface area contributed by atoms with E-state index < -0.39 is 0 Å². The normalized spacial score (nSPS) is 22.1. The molecule has 0 N–H and O–H groups in total. The van der Waals surface area contributed by atoms with Gasteiger partial charge in [-0.05, 0) is 40.5 Å². The number of nitrogens with zero attached hydrogens (tertiary/aromatic N) is 2. The van der Waals surface area contributed by atoms with E-state index >= 15 is 0 Å². The first kappa shape index (κ1) is 13.5. The Labute approximate surface area is 124 Å². The second kappa shape index (κ2) is 5.16. The first-order valence-corrected chi connectivity index (χ1v) is 7.39. The third-order valence-electron chi connectivity index (χ3n) is 3.95. The number of rotatable bonds is 1. The predicted molar refractivity (Wildman–Crippen MR) is 74.7 cm³/mol. The van der Waals surface area contributed by atoms with E-state index in [1.165, 1.54) is 18.2 Å². The van der Waals surface area contributed by atoms with E-state index in [-0.39, 0.29) is 28.1 Å². The summed E-state index contributed by atoms with van der Waals surface area (Å²) in [6, 6.07) is 4.43. The van der Waals surface area contributed by atoms with Crippen molar-refractivity contribution < 1.29 is 14.0 Å². The first-order chi connectivity index (χ1) is 9.56. The second-order valence-electron chi connectivity index (χ2n) is 5.16. The van der Waals surface area contributed by atoms with Crippen LogP contribution in [0, 0.1) is 5.82 Å². The molecule has 0 spiro atoms. The highest BCUT2D eigenvalue weighted by Crippen LogP contribution is 2.24. The van der Waals surface area contributed by atoms with Crippen LogP contribution in [0.15, 0.2) is 22.7 Å². The highest BCUT2D eigenvalue weighted by atomic mass is 79.9. The number of fused-ring (bicyclic) bond motifs is 1. The molecule has 6 heteroatoms. The molecule has 1 aromatic rings. The number of halogens is 2. The fourth-order valence-corrected chi connectivity index (χ4v) is 3.24. The molecule has 0 radical (unpaired) electrons. The molecule has 1 unspecified atom stereocenters. The standard InChI is InChI=1S/C14H14BrFN2O2/c15-11-7-9(1-3-12(11)16)14(20)17-5-6-18-10(8-17)2-4-13(18)19/h1,3,7,10H,2,4-6,8H2. The molecule has 2 aliphatic heterocycles. The molecule has 2 amide bonds. The number of hydrogen-bond acceptors (Lipinski definition) is 2. The highest BCUT2D eigenvalue weighted by Gasteiger charge is 2.37. The van der Waals surface area contributed by atoms with Crippen LogP contribution in [-0.4, -0.2) is 47.3 Å². The highest BCUT2D eigenvalue weighted by molar-refractivity contribution is 9.10.